The van der Waals surface area contributed by atoms with Crippen molar-refractivity contribution in [3.8, 4) is 11.4 Å². The Morgan fingerprint density at radius 3 is 2.75 bits per heavy atom. The molecule has 2 aromatic heterocycles. The molecule has 108 valence electrons. The van der Waals surface area contributed by atoms with Crippen molar-refractivity contribution >= 4 is 0 Å². The standard InChI is InChI=1S/C13H15F3N4/c14-13(15,16)9-4-11(18-7-9)12-5-10(19-20-12)8-2-1-3-17-6-8/h4-5,7-8,17-18H,1-3,6H2,(H,19,20)/t8-/m0/s1. The second kappa shape index (κ2) is 4.97. The summed E-state index contributed by atoms with van der Waals surface area (Å²) in [7, 11) is 0. The number of nitrogens with zero attached hydrogens (tertiary/aromatic N) is 1. The quantitative estimate of drug-likeness (QED) is 0.794. The van der Waals surface area contributed by atoms with E-state index >= 15 is 0 Å². The normalized spacial score (nSPS) is 20.2. The molecule has 2 aromatic rings. The molecule has 3 N–H and O–H groups in total. The molecule has 1 atom stereocenters. The van der Waals surface area contributed by atoms with Gasteiger partial charge in [0.05, 0.1) is 11.3 Å². The lowest BCUT2D eigenvalue weighted by Crippen LogP contribution is -2.28. The van der Waals surface area contributed by atoms with E-state index in [2.05, 4.69) is 20.5 Å². The molecule has 20 heavy (non-hydrogen) atoms. The number of halogens is 3. The highest BCUT2D eigenvalue weighted by atomic mass is 19.4. The highest BCUT2D eigenvalue weighted by molar-refractivity contribution is 5.56. The van der Waals surface area contributed by atoms with E-state index in [-0.39, 0.29) is 0 Å². The van der Waals surface area contributed by atoms with E-state index in [9.17, 15) is 13.2 Å². The summed E-state index contributed by atoms with van der Waals surface area (Å²) in [6.45, 7) is 1.89. The van der Waals surface area contributed by atoms with Crippen LogP contribution in [0.15, 0.2) is 18.3 Å². The molecule has 0 unspecified atom stereocenters. The van der Waals surface area contributed by atoms with E-state index in [1.807, 2.05) is 6.07 Å². The number of hydrogen-bond donors (Lipinski definition) is 3. The first-order chi connectivity index (χ1) is 9.54. The summed E-state index contributed by atoms with van der Waals surface area (Å²) < 4.78 is 37.7. The van der Waals surface area contributed by atoms with Crippen LogP contribution in [0, 0.1) is 0 Å². The first-order valence-corrected chi connectivity index (χ1v) is 6.56. The van der Waals surface area contributed by atoms with Crippen LogP contribution in [0.2, 0.25) is 0 Å². The van der Waals surface area contributed by atoms with Crippen LogP contribution in [0.5, 0.6) is 0 Å². The summed E-state index contributed by atoms with van der Waals surface area (Å²) in [5.74, 6) is 0.349. The van der Waals surface area contributed by atoms with Crippen molar-refractivity contribution in [1.29, 1.82) is 0 Å². The average molecular weight is 284 g/mol. The van der Waals surface area contributed by atoms with Crippen molar-refractivity contribution < 1.29 is 13.2 Å². The number of piperidine rings is 1. The fourth-order valence-electron chi connectivity index (χ4n) is 2.51. The van der Waals surface area contributed by atoms with Crippen molar-refractivity contribution in [2.24, 2.45) is 0 Å². The number of alkyl halides is 3. The highest BCUT2D eigenvalue weighted by Crippen LogP contribution is 2.32. The number of rotatable bonds is 2. The van der Waals surface area contributed by atoms with Crippen molar-refractivity contribution in [1.82, 2.24) is 20.5 Å². The van der Waals surface area contributed by atoms with Gasteiger partial charge in [-0.2, -0.15) is 18.3 Å². The Bertz CT molecular complexity index is 578. The lowest BCUT2D eigenvalue weighted by molar-refractivity contribution is -0.137. The number of hydrogen-bond acceptors (Lipinski definition) is 2. The van der Waals surface area contributed by atoms with Gasteiger partial charge in [0.1, 0.15) is 5.69 Å². The SMILES string of the molecule is FC(F)(F)c1c[nH]c(-c2cc([C@H]3CCCNC3)[nH]n2)c1. The molecule has 0 radical (unpaired) electrons. The third-order valence-electron chi connectivity index (χ3n) is 3.62. The van der Waals surface area contributed by atoms with Crippen LogP contribution in [0.25, 0.3) is 11.4 Å². The van der Waals surface area contributed by atoms with Gasteiger partial charge < -0.3 is 10.3 Å². The zero-order chi connectivity index (χ0) is 14.2. The fraction of sp³-hybridized carbons (Fsp3) is 0.462. The van der Waals surface area contributed by atoms with E-state index in [1.54, 1.807) is 0 Å². The second-order valence-electron chi connectivity index (χ2n) is 5.05. The maximum absolute atomic E-state index is 12.6. The molecule has 1 saturated heterocycles. The van der Waals surface area contributed by atoms with Gasteiger partial charge in [0.2, 0.25) is 0 Å². The molecule has 4 nitrogen and oxygen atoms in total. The van der Waals surface area contributed by atoms with Gasteiger partial charge in [0.25, 0.3) is 0 Å². The smallest absolute Gasteiger partial charge is 0.359 e. The van der Waals surface area contributed by atoms with Gasteiger partial charge >= 0.3 is 6.18 Å². The van der Waals surface area contributed by atoms with E-state index in [4.69, 9.17) is 0 Å². The molecule has 0 aliphatic carbocycles. The Morgan fingerprint density at radius 1 is 1.25 bits per heavy atom. The van der Waals surface area contributed by atoms with Crippen LogP contribution in [-0.2, 0) is 6.18 Å². The van der Waals surface area contributed by atoms with Gasteiger partial charge in [0, 0.05) is 24.4 Å². The van der Waals surface area contributed by atoms with Gasteiger partial charge in [-0.3, -0.25) is 5.10 Å². The molecule has 3 rings (SSSR count). The number of aromatic amines is 2. The molecule has 1 aliphatic rings. The van der Waals surface area contributed by atoms with Crippen molar-refractivity contribution in [3.05, 3.63) is 29.6 Å². The largest absolute Gasteiger partial charge is 0.417 e. The maximum atomic E-state index is 12.6. The summed E-state index contributed by atoms with van der Waals surface area (Å²) >= 11 is 0. The fourth-order valence-corrected chi connectivity index (χ4v) is 2.51. The van der Waals surface area contributed by atoms with Crippen LogP contribution < -0.4 is 5.32 Å². The van der Waals surface area contributed by atoms with Crippen molar-refractivity contribution in [2.75, 3.05) is 13.1 Å². The summed E-state index contributed by atoms with van der Waals surface area (Å²) in [5, 5.41) is 10.3. The van der Waals surface area contributed by atoms with E-state index < -0.39 is 11.7 Å². The molecule has 7 heteroatoms. The molecule has 1 aliphatic heterocycles. The minimum absolute atomic E-state index is 0.349. The molecule has 0 spiro atoms. The number of H-pyrrole nitrogens is 2. The Labute approximate surface area is 113 Å². The number of nitrogens with one attached hydrogen (secondary N) is 3. The summed E-state index contributed by atoms with van der Waals surface area (Å²) in [5.41, 5.74) is 1.18. The van der Waals surface area contributed by atoms with E-state index in [0.717, 1.165) is 43.9 Å². The van der Waals surface area contributed by atoms with E-state index in [0.29, 0.717) is 17.3 Å². The zero-order valence-electron chi connectivity index (χ0n) is 10.7. The minimum atomic E-state index is -4.33. The molecule has 3 heterocycles. The van der Waals surface area contributed by atoms with Crippen LogP contribution in [-0.4, -0.2) is 28.3 Å². The van der Waals surface area contributed by atoms with Gasteiger partial charge in [-0.05, 0) is 31.5 Å². The molecule has 0 amide bonds. The molecule has 1 fully saturated rings. The molecule has 0 aromatic carbocycles. The summed E-state index contributed by atoms with van der Waals surface area (Å²) in [4.78, 5) is 2.63. The first-order valence-electron chi connectivity index (χ1n) is 6.56. The third kappa shape index (κ3) is 2.58. The monoisotopic (exact) mass is 284 g/mol. The number of aromatic nitrogens is 3. The summed E-state index contributed by atoms with van der Waals surface area (Å²) in [6, 6.07) is 2.91. The minimum Gasteiger partial charge on any atom is -0.359 e. The van der Waals surface area contributed by atoms with Crippen LogP contribution in [0.1, 0.15) is 30.0 Å². The first kappa shape index (κ1) is 13.2. The van der Waals surface area contributed by atoms with Crippen LogP contribution in [0.3, 0.4) is 0 Å². The maximum Gasteiger partial charge on any atom is 0.417 e. The van der Waals surface area contributed by atoms with Crippen LogP contribution >= 0.6 is 0 Å². The molecule has 0 saturated carbocycles. The molecular formula is C13H15F3N4. The lowest BCUT2D eigenvalue weighted by Gasteiger charge is -2.21. The highest BCUT2D eigenvalue weighted by Gasteiger charge is 2.32. The van der Waals surface area contributed by atoms with Crippen LogP contribution in [0.4, 0.5) is 13.2 Å². The van der Waals surface area contributed by atoms with Gasteiger partial charge in [-0.15, -0.1) is 0 Å². The van der Waals surface area contributed by atoms with Gasteiger partial charge in [-0.25, -0.2) is 0 Å². The lowest BCUT2D eigenvalue weighted by atomic mass is 9.96. The van der Waals surface area contributed by atoms with Crippen molar-refractivity contribution in [2.45, 2.75) is 24.9 Å². The summed E-state index contributed by atoms with van der Waals surface area (Å²) in [6.07, 6.45) is -1.21. The van der Waals surface area contributed by atoms with Gasteiger partial charge in [-0.1, -0.05) is 0 Å². The third-order valence-corrected chi connectivity index (χ3v) is 3.62. The Kier molecular flexibility index (Phi) is 3.29. The Morgan fingerprint density at radius 2 is 2.10 bits per heavy atom. The molecule has 0 bridgehead atoms. The topological polar surface area (TPSA) is 56.5 Å². The zero-order valence-corrected chi connectivity index (χ0v) is 10.7. The Hall–Kier alpha value is -1.76. The van der Waals surface area contributed by atoms with Gasteiger partial charge in [0.15, 0.2) is 0 Å². The van der Waals surface area contributed by atoms with E-state index in [1.165, 1.54) is 0 Å². The predicted molar refractivity (Wildman–Crippen MR) is 68.2 cm³/mol. The van der Waals surface area contributed by atoms with Crippen molar-refractivity contribution in [3.63, 3.8) is 0 Å². The predicted octanol–water partition coefficient (Wildman–Crippen LogP) is 2.89. The Balaban J connectivity index is 1.81. The average Bonchev–Trinajstić information content (AvgIpc) is 3.08. The molecular weight excluding hydrogens is 269 g/mol. The second-order valence-corrected chi connectivity index (χ2v) is 5.05.